The first-order valence-corrected chi connectivity index (χ1v) is 6.21. The van der Waals surface area contributed by atoms with Crippen LogP contribution in [0.5, 0.6) is 0 Å². The van der Waals surface area contributed by atoms with Crippen LogP contribution in [0, 0.1) is 23.2 Å². The molecule has 0 saturated carbocycles. The van der Waals surface area contributed by atoms with Gasteiger partial charge in [-0.05, 0) is 12.3 Å². The molecule has 3 heteroatoms. The average Bonchev–Trinajstić information content (AvgIpc) is 2.23. The quantitative estimate of drug-likeness (QED) is 0.610. The topological polar surface area (TPSA) is 61.1 Å². The number of aliphatic carboxylic acids is 1. The van der Waals surface area contributed by atoms with Crippen LogP contribution in [0.2, 0.25) is 0 Å². The van der Waals surface area contributed by atoms with Crippen LogP contribution in [0.15, 0.2) is 0 Å². The molecule has 3 nitrogen and oxygen atoms in total. The number of carboxylic acid groups (broad SMARTS) is 1. The third-order valence-corrected chi connectivity index (χ3v) is 2.84. The van der Waals surface area contributed by atoms with Crippen LogP contribution in [-0.2, 0) is 4.79 Å². The van der Waals surface area contributed by atoms with Crippen LogP contribution < -0.4 is 0 Å². The van der Waals surface area contributed by atoms with E-state index in [0.717, 1.165) is 12.8 Å². The van der Waals surface area contributed by atoms with E-state index in [2.05, 4.69) is 19.9 Å². The van der Waals surface area contributed by atoms with Gasteiger partial charge in [-0.15, -0.1) is 0 Å². The molecule has 0 heterocycles. The predicted octanol–water partition coefficient (Wildman–Crippen LogP) is 3.60. The van der Waals surface area contributed by atoms with Crippen molar-refractivity contribution >= 4 is 5.97 Å². The molecule has 0 aromatic carbocycles. The molecular formula is C13H23NO2. The third-order valence-electron chi connectivity index (χ3n) is 2.84. The van der Waals surface area contributed by atoms with E-state index in [9.17, 15) is 4.79 Å². The summed E-state index contributed by atoms with van der Waals surface area (Å²) >= 11 is 0. The standard InChI is InChI=1S/C13H23NO2/c1-3-4-5-6-7-11(2)8-12(10-14)9-13(15)16/h11-12H,3-9H2,1-2H3,(H,15,16)/t11?,12-/m0/s1. The van der Waals surface area contributed by atoms with Crippen molar-refractivity contribution in [1.29, 1.82) is 5.26 Å². The van der Waals surface area contributed by atoms with Gasteiger partial charge in [-0.3, -0.25) is 4.79 Å². The highest BCUT2D eigenvalue weighted by Gasteiger charge is 2.15. The molecule has 1 unspecified atom stereocenters. The third kappa shape index (κ3) is 8.28. The highest BCUT2D eigenvalue weighted by molar-refractivity contribution is 5.67. The van der Waals surface area contributed by atoms with Crippen molar-refractivity contribution in [2.45, 2.75) is 58.8 Å². The smallest absolute Gasteiger partial charge is 0.304 e. The summed E-state index contributed by atoms with van der Waals surface area (Å²) in [6.45, 7) is 4.29. The normalized spacial score (nSPS) is 14.1. The van der Waals surface area contributed by atoms with Crippen molar-refractivity contribution in [1.82, 2.24) is 0 Å². The zero-order valence-electron chi connectivity index (χ0n) is 10.4. The summed E-state index contributed by atoms with van der Waals surface area (Å²) in [5.41, 5.74) is 0. The van der Waals surface area contributed by atoms with Crippen LogP contribution in [0.4, 0.5) is 0 Å². The molecule has 2 atom stereocenters. The van der Waals surface area contributed by atoms with Crippen molar-refractivity contribution in [3.8, 4) is 6.07 Å². The van der Waals surface area contributed by atoms with Gasteiger partial charge in [0, 0.05) is 0 Å². The molecule has 0 fully saturated rings. The fourth-order valence-corrected chi connectivity index (χ4v) is 1.92. The Morgan fingerprint density at radius 3 is 2.56 bits per heavy atom. The maximum atomic E-state index is 10.5. The van der Waals surface area contributed by atoms with Crippen molar-refractivity contribution in [3.05, 3.63) is 0 Å². The fraction of sp³-hybridized carbons (Fsp3) is 0.846. The first-order valence-electron chi connectivity index (χ1n) is 6.21. The number of nitriles is 1. The molecule has 0 aliphatic heterocycles. The van der Waals surface area contributed by atoms with Crippen LogP contribution >= 0.6 is 0 Å². The van der Waals surface area contributed by atoms with Gasteiger partial charge in [-0.2, -0.15) is 5.26 Å². The summed E-state index contributed by atoms with van der Waals surface area (Å²) in [5, 5.41) is 17.4. The highest BCUT2D eigenvalue weighted by Crippen LogP contribution is 2.20. The molecule has 0 aliphatic rings. The zero-order valence-corrected chi connectivity index (χ0v) is 10.4. The minimum Gasteiger partial charge on any atom is -0.481 e. The number of rotatable bonds is 9. The van der Waals surface area contributed by atoms with E-state index in [1.165, 1.54) is 25.7 Å². The van der Waals surface area contributed by atoms with Gasteiger partial charge in [0.15, 0.2) is 0 Å². The van der Waals surface area contributed by atoms with Crippen molar-refractivity contribution in [2.75, 3.05) is 0 Å². The predicted molar refractivity (Wildman–Crippen MR) is 63.9 cm³/mol. The average molecular weight is 225 g/mol. The summed E-state index contributed by atoms with van der Waals surface area (Å²) in [6, 6.07) is 2.09. The monoisotopic (exact) mass is 225 g/mol. The maximum absolute atomic E-state index is 10.5. The number of hydrogen-bond donors (Lipinski definition) is 1. The fourth-order valence-electron chi connectivity index (χ4n) is 1.92. The zero-order chi connectivity index (χ0) is 12.4. The Hall–Kier alpha value is -1.04. The number of carboxylic acids is 1. The minimum atomic E-state index is -0.871. The van der Waals surface area contributed by atoms with E-state index < -0.39 is 5.97 Å². The van der Waals surface area contributed by atoms with Crippen LogP contribution in [-0.4, -0.2) is 11.1 Å². The van der Waals surface area contributed by atoms with E-state index in [4.69, 9.17) is 10.4 Å². The van der Waals surface area contributed by atoms with Gasteiger partial charge in [0.1, 0.15) is 0 Å². The van der Waals surface area contributed by atoms with E-state index in [1.54, 1.807) is 0 Å². The van der Waals surface area contributed by atoms with E-state index >= 15 is 0 Å². The second kappa shape index (κ2) is 9.21. The Morgan fingerprint density at radius 2 is 2.06 bits per heavy atom. The van der Waals surface area contributed by atoms with Gasteiger partial charge in [0.2, 0.25) is 0 Å². The molecule has 0 saturated heterocycles. The second-order valence-corrected chi connectivity index (χ2v) is 4.61. The molecule has 16 heavy (non-hydrogen) atoms. The lowest BCUT2D eigenvalue weighted by atomic mass is 9.90. The van der Waals surface area contributed by atoms with Crippen molar-refractivity contribution < 1.29 is 9.90 Å². The summed E-state index contributed by atoms with van der Waals surface area (Å²) in [7, 11) is 0. The van der Waals surface area contributed by atoms with E-state index in [1.807, 2.05) is 0 Å². The molecule has 0 aliphatic carbocycles. The van der Waals surface area contributed by atoms with Gasteiger partial charge in [0.25, 0.3) is 0 Å². The summed E-state index contributed by atoms with van der Waals surface area (Å²) < 4.78 is 0. The second-order valence-electron chi connectivity index (χ2n) is 4.61. The molecule has 0 aromatic heterocycles. The van der Waals surface area contributed by atoms with Gasteiger partial charge >= 0.3 is 5.97 Å². The Bertz CT molecular complexity index is 233. The Morgan fingerprint density at radius 1 is 1.38 bits per heavy atom. The molecule has 1 N–H and O–H groups in total. The first-order chi connectivity index (χ1) is 7.60. The van der Waals surface area contributed by atoms with E-state index in [0.29, 0.717) is 5.92 Å². The minimum absolute atomic E-state index is 0.0181. The lowest BCUT2D eigenvalue weighted by Crippen LogP contribution is -2.10. The van der Waals surface area contributed by atoms with Crippen LogP contribution in [0.1, 0.15) is 58.8 Å². The number of carbonyl (C=O) groups is 1. The summed E-state index contributed by atoms with van der Waals surface area (Å²) in [4.78, 5) is 10.5. The Balaban J connectivity index is 3.70. The first kappa shape index (κ1) is 15.0. The van der Waals surface area contributed by atoms with Crippen molar-refractivity contribution in [2.24, 2.45) is 11.8 Å². The molecular weight excluding hydrogens is 202 g/mol. The molecule has 0 spiro atoms. The Kier molecular flexibility index (Phi) is 8.61. The molecule has 92 valence electrons. The van der Waals surface area contributed by atoms with E-state index in [-0.39, 0.29) is 12.3 Å². The molecule has 0 aromatic rings. The summed E-state index contributed by atoms with van der Waals surface area (Å²) in [6.07, 6.45) is 6.75. The molecule has 0 bridgehead atoms. The van der Waals surface area contributed by atoms with Gasteiger partial charge in [-0.25, -0.2) is 0 Å². The maximum Gasteiger partial charge on any atom is 0.304 e. The van der Waals surface area contributed by atoms with Gasteiger partial charge < -0.3 is 5.11 Å². The van der Waals surface area contributed by atoms with Gasteiger partial charge in [0.05, 0.1) is 18.4 Å². The van der Waals surface area contributed by atoms with Crippen molar-refractivity contribution in [3.63, 3.8) is 0 Å². The molecule has 0 radical (unpaired) electrons. The largest absolute Gasteiger partial charge is 0.481 e. The molecule has 0 amide bonds. The number of hydrogen-bond acceptors (Lipinski definition) is 2. The van der Waals surface area contributed by atoms with Gasteiger partial charge in [-0.1, -0.05) is 46.0 Å². The Labute approximate surface area is 98.5 Å². The highest BCUT2D eigenvalue weighted by atomic mass is 16.4. The molecule has 0 rings (SSSR count). The lowest BCUT2D eigenvalue weighted by molar-refractivity contribution is -0.137. The number of nitrogens with zero attached hydrogens (tertiary/aromatic N) is 1. The lowest BCUT2D eigenvalue weighted by Gasteiger charge is -2.13. The summed E-state index contributed by atoms with van der Waals surface area (Å²) in [5.74, 6) is -0.732. The van der Waals surface area contributed by atoms with Crippen LogP contribution in [0.25, 0.3) is 0 Å². The number of unbranched alkanes of at least 4 members (excludes halogenated alkanes) is 3. The SMILES string of the molecule is CCCCCCC(C)C[C@H](C#N)CC(=O)O. The van der Waals surface area contributed by atoms with Crippen LogP contribution in [0.3, 0.4) is 0 Å².